The number of ketones is 1. The lowest BCUT2D eigenvalue weighted by Crippen LogP contribution is -2.16. The van der Waals surface area contributed by atoms with E-state index in [-0.39, 0.29) is 11.0 Å². The predicted octanol–water partition coefficient (Wildman–Crippen LogP) is 5.09. The molecular weight excluding hydrogens is 276 g/mol. The van der Waals surface area contributed by atoms with Gasteiger partial charge in [0.2, 0.25) is 0 Å². The van der Waals surface area contributed by atoms with Gasteiger partial charge in [0, 0.05) is 15.5 Å². The molecule has 2 rings (SSSR count). The van der Waals surface area contributed by atoms with Gasteiger partial charge < -0.3 is 0 Å². The second kappa shape index (κ2) is 6.78. The first-order valence-corrected chi connectivity index (χ1v) is 7.48. The summed E-state index contributed by atoms with van der Waals surface area (Å²) in [5, 5.41) is 0.662. The van der Waals surface area contributed by atoms with Crippen LogP contribution in [-0.4, -0.2) is 11.0 Å². The van der Waals surface area contributed by atoms with Gasteiger partial charge in [0.15, 0.2) is 5.78 Å². The Balaban J connectivity index is 2.12. The maximum Gasteiger partial charge on any atom is 0.176 e. The topological polar surface area (TPSA) is 17.1 Å². The number of rotatable bonds is 5. The molecule has 0 amide bonds. The lowest BCUT2D eigenvalue weighted by Gasteiger charge is -2.13. The summed E-state index contributed by atoms with van der Waals surface area (Å²) in [5.74, 6) is 0.183. The highest BCUT2D eigenvalue weighted by molar-refractivity contribution is 8.00. The van der Waals surface area contributed by atoms with Crippen molar-refractivity contribution in [3.8, 4) is 0 Å². The van der Waals surface area contributed by atoms with E-state index in [9.17, 15) is 4.79 Å². The number of halogens is 1. The summed E-state index contributed by atoms with van der Waals surface area (Å²) >= 11 is 7.46. The smallest absolute Gasteiger partial charge is 0.176 e. The Kier molecular flexibility index (Phi) is 5.06. The van der Waals surface area contributed by atoms with E-state index < -0.39 is 0 Å². The predicted molar refractivity (Wildman–Crippen MR) is 82.2 cm³/mol. The molecule has 1 nitrogen and oxygen atoms in total. The summed E-state index contributed by atoms with van der Waals surface area (Å²) in [7, 11) is 0. The second-order valence-corrected chi connectivity index (χ2v) is 5.91. The van der Waals surface area contributed by atoms with Crippen molar-refractivity contribution in [1.82, 2.24) is 0 Å². The third-order valence-corrected chi connectivity index (χ3v) is 4.44. The molecule has 0 saturated carbocycles. The van der Waals surface area contributed by atoms with E-state index in [0.717, 1.165) is 16.9 Å². The van der Waals surface area contributed by atoms with Crippen molar-refractivity contribution < 1.29 is 4.79 Å². The SMILES string of the molecule is CCC(Sc1ccc(Cl)cc1)C(=O)c1ccccc1. The fourth-order valence-electron chi connectivity index (χ4n) is 1.79. The lowest BCUT2D eigenvalue weighted by atomic mass is 10.1. The zero-order chi connectivity index (χ0) is 13.7. The van der Waals surface area contributed by atoms with Crippen molar-refractivity contribution in [2.24, 2.45) is 0 Å². The minimum atomic E-state index is -0.0522. The summed E-state index contributed by atoms with van der Waals surface area (Å²) in [4.78, 5) is 13.5. The Bertz CT molecular complexity index is 536. The fourth-order valence-corrected chi connectivity index (χ4v) is 2.95. The van der Waals surface area contributed by atoms with E-state index in [1.807, 2.05) is 61.5 Å². The molecule has 0 radical (unpaired) electrons. The molecule has 19 heavy (non-hydrogen) atoms. The van der Waals surface area contributed by atoms with Gasteiger partial charge in [0.1, 0.15) is 0 Å². The molecule has 0 spiro atoms. The van der Waals surface area contributed by atoms with E-state index in [2.05, 4.69) is 0 Å². The highest BCUT2D eigenvalue weighted by Gasteiger charge is 2.19. The molecule has 0 aromatic heterocycles. The monoisotopic (exact) mass is 290 g/mol. The Labute approximate surface area is 123 Å². The maximum absolute atomic E-state index is 12.4. The Hall–Kier alpha value is -1.25. The van der Waals surface area contributed by atoms with E-state index in [1.54, 1.807) is 11.8 Å². The van der Waals surface area contributed by atoms with Crippen LogP contribution in [0.25, 0.3) is 0 Å². The van der Waals surface area contributed by atoms with Gasteiger partial charge in [-0.1, -0.05) is 48.9 Å². The van der Waals surface area contributed by atoms with Crippen LogP contribution in [0, 0.1) is 0 Å². The minimum absolute atomic E-state index is 0.0522. The van der Waals surface area contributed by atoms with Crippen LogP contribution in [0.2, 0.25) is 5.02 Å². The lowest BCUT2D eigenvalue weighted by molar-refractivity contribution is 0.0988. The van der Waals surface area contributed by atoms with Crippen LogP contribution in [0.5, 0.6) is 0 Å². The van der Waals surface area contributed by atoms with E-state index >= 15 is 0 Å². The molecule has 0 aliphatic carbocycles. The Morgan fingerprint density at radius 2 is 1.74 bits per heavy atom. The van der Waals surface area contributed by atoms with E-state index in [0.29, 0.717) is 5.02 Å². The van der Waals surface area contributed by atoms with Crippen molar-refractivity contribution in [2.75, 3.05) is 0 Å². The third-order valence-electron chi connectivity index (χ3n) is 2.81. The second-order valence-electron chi connectivity index (χ2n) is 4.20. The van der Waals surface area contributed by atoms with Crippen LogP contribution >= 0.6 is 23.4 Å². The van der Waals surface area contributed by atoms with E-state index in [4.69, 9.17) is 11.6 Å². The first kappa shape index (κ1) is 14.2. The number of carbonyl (C=O) groups excluding carboxylic acids is 1. The van der Waals surface area contributed by atoms with Gasteiger partial charge in [-0.3, -0.25) is 4.79 Å². The van der Waals surface area contributed by atoms with Gasteiger partial charge in [0.05, 0.1) is 5.25 Å². The van der Waals surface area contributed by atoms with Crippen LogP contribution < -0.4 is 0 Å². The highest BCUT2D eigenvalue weighted by atomic mass is 35.5. The third kappa shape index (κ3) is 3.85. The summed E-state index contributed by atoms with van der Waals surface area (Å²) in [6, 6.07) is 17.1. The molecule has 0 aliphatic heterocycles. The van der Waals surface area contributed by atoms with Crippen LogP contribution in [0.4, 0.5) is 0 Å². The van der Waals surface area contributed by atoms with Gasteiger partial charge in [-0.25, -0.2) is 0 Å². The average Bonchev–Trinajstić information content (AvgIpc) is 2.47. The van der Waals surface area contributed by atoms with Crippen molar-refractivity contribution >= 4 is 29.1 Å². The largest absolute Gasteiger partial charge is 0.293 e. The standard InChI is InChI=1S/C16H15ClOS/c1-2-15(16(18)12-6-4-3-5-7-12)19-14-10-8-13(17)9-11-14/h3-11,15H,2H2,1H3. The van der Waals surface area contributed by atoms with Gasteiger partial charge in [0.25, 0.3) is 0 Å². The molecule has 0 N–H and O–H groups in total. The van der Waals surface area contributed by atoms with Crippen LogP contribution in [0.3, 0.4) is 0 Å². The molecule has 2 aromatic rings. The molecule has 0 fully saturated rings. The quantitative estimate of drug-likeness (QED) is 0.563. The number of carbonyl (C=O) groups is 1. The summed E-state index contributed by atoms with van der Waals surface area (Å²) < 4.78 is 0. The van der Waals surface area contributed by atoms with Crippen molar-refractivity contribution in [1.29, 1.82) is 0 Å². The average molecular weight is 291 g/mol. The van der Waals surface area contributed by atoms with Crippen LogP contribution in [-0.2, 0) is 0 Å². The van der Waals surface area contributed by atoms with Gasteiger partial charge >= 0.3 is 0 Å². The molecule has 2 aromatic carbocycles. The van der Waals surface area contributed by atoms with E-state index in [1.165, 1.54) is 0 Å². The first-order chi connectivity index (χ1) is 9.20. The summed E-state index contributed by atoms with van der Waals surface area (Å²) in [6.45, 7) is 2.04. The van der Waals surface area contributed by atoms with Crippen molar-refractivity contribution in [3.63, 3.8) is 0 Å². The maximum atomic E-state index is 12.4. The van der Waals surface area contributed by atoms with Gasteiger partial charge in [-0.2, -0.15) is 0 Å². The van der Waals surface area contributed by atoms with Gasteiger partial charge in [-0.15, -0.1) is 11.8 Å². The summed E-state index contributed by atoms with van der Waals surface area (Å²) in [6.07, 6.45) is 0.807. The Morgan fingerprint density at radius 3 is 2.32 bits per heavy atom. The molecule has 0 bridgehead atoms. The molecule has 3 heteroatoms. The molecule has 1 atom stereocenters. The molecule has 0 saturated heterocycles. The minimum Gasteiger partial charge on any atom is -0.293 e. The number of hydrogen-bond acceptors (Lipinski definition) is 2. The fraction of sp³-hybridized carbons (Fsp3) is 0.188. The van der Waals surface area contributed by atoms with Crippen molar-refractivity contribution in [3.05, 3.63) is 65.2 Å². The number of thioether (sulfide) groups is 1. The number of Topliss-reactive ketones (excluding diaryl/α,β-unsaturated/α-hetero) is 1. The molecule has 1 unspecified atom stereocenters. The normalized spacial score (nSPS) is 12.1. The molecule has 0 heterocycles. The van der Waals surface area contributed by atoms with Gasteiger partial charge in [-0.05, 0) is 30.7 Å². The molecular formula is C16H15ClOS. The zero-order valence-corrected chi connectivity index (χ0v) is 12.2. The number of benzene rings is 2. The highest BCUT2D eigenvalue weighted by Crippen LogP contribution is 2.28. The Morgan fingerprint density at radius 1 is 1.11 bits per heavy atom. The summed E-state index contributed by atoms with van der Waals surface area (Å²) in [5.41, 5.74) is 0.774. The number of hydrogen-bond donors (Lipinski definition) is 0. The molecule has 98 valence electrons. The van der Waals surface area contributed by atoms with Crippen molar-refractivity contribution in [2.45, 2.75) is 23.5 Å². The van der Waals surface area contributed by atoms with Crippen LogP contribution in [0.1, 0.15) is 23.7 Å². The first-order valence-electron chi connectivity index (χ1n) is 6.22. The van der Waals surface area contributed by atoms with Crippen LogP contribution in [0.15, 0.2) is 59.5 Å². The molecule has 0 aliphatic rings. The zero-order valence-electron chi connectivity index (χ0n) is 10.7.